The maximum atomic E-state index is 12.7. The molecule has 1 aliphatic carbocycles. The quantitative estimate of drug-likeness (QED) is 0.906. The van der Waals surface area contributed by atoms with Gasteiger partial charge in [-0.25, -0.2) is 0 Å². The number of likely N-dealkylation sites (tertiary alicyclic amines) is 1. The number of rotatable bonds is 3. The number of nitrogens with one attached hydrogen (secondary N) is 1. The van der Waals surface area contributed by atoms with Crippen molar-refractivity contribution in [2.24, 2.45) is 17.8 Å². The molecule has 0 bridgehead atoms. The molecule has 0 spiro atoms. The maximum absolute atomic E-state index is 12.7. The van der Waals surface area contributed by atoms with Crippen LogP contribution in [0.1, 0.15) is 24.8 Å². The predicted octanol–water partition coefficient (Wildman–Crippen LogP) is 2.03. The van der Waals surface area contributed by atoms with Gasteiger partial charge in [0, 0.05) is 25.2 Å². The second-order valence-corrected chi connectivity index (χ2v) is 6.53. The molecule has 1 aliphatic heterocycles. The molecule has 8 heteroatoms. The average molecular weight is 348 g/mol. The summed E-state index contributed by atoms with van der Waals surface area (Å²) in [5, 5.41) is 11.8. The summed E-state index contributed by atoms with van der Waals surface area (Å²) in [7, 11) is 0. The summed E-state index contributed by atoms with van der Waals surface area (Å²) < 4.78 is 25.4. The van der Waals surface area contributed by atoms with E-state index in [-0.39, 0.29) is 36.8 Å². The SMILES string of the molecule is N#Cc1ccncc1NC(=O)[C@@H]1CCC[C@@H]2CN(C(=O)C(F)F)C[C@H]21. The first-order chi connectivity index (χ1) is 12.0. The number of anilines is 1. The van der Waals surface area contributed by atoms with Gasteiger partial charge in [0.1, 0.15) is 6.07 Å². The lowest BCUT2D eigenvalue weighted by Gasteiger charge is -2.31. The van der Waals surface area contributed by atoms with E-state index in [0.29, 0.717) is 17.7 Å². The van der Waals surface area contributed by atoms with E-state index >= 15 is 0 Å². The highest BCUT2D eigenvalue weighted by Gasteiger charge is 2.45. The Labute approximate surface area is 143 Å². The van der Waals surface area contributed by atoms with Crippen LogP contribution in [0.15, 0.2) is 18.5 Å². The van der Waals surface area contributed by atoms with Crippen molar-refractivity contribution in [1.82, 2.24) is 9.88 Å². The van der Waals surface area contributed by atoms with Crippen LogP contribution in [0.2, 0.25) is 0 Å². The van der Waals surface area contributed by atoms with E-state index in [2.05, 4.69) is 10.3 Å². The molecule has 6 nitrogen and oxygen atoms in total. The number of pyridine rings is 1. The highest BCUT2D eigenvalue weighted by Crippen LogP contribution is 2.41. The molecule has 2 amide bonds. The van der Waals surface area contributed by atoms with Gasteiger partial charge in [-0.3, -0.25) is 14.6 Å². The molecule has 25 heavy (non-hydrogen) atoms. The Balaban J connectivity index is 1.73. The number of halogens is 2. The lowest BCUT2D eigenvalue weighted by Crippen LogP contribution is -2.37. The minimum atomic E-state index is -3.01. The number of carbonyl (C=O) groups excluding carboxylic acids is 2. The van der Waals surface area contributed by atoms with Gasteiger partial charge < -0.3 is 10.2 Å². The van der Waals surface area contributed by atoms with Crippen LogP contribution in [0.4, 0.5) is 14.5 Å². The minimum absolute atomic E-state index is 0.0662. The van der Waals surface area contributed by atoms with Gasteiger partial charge in [0.25, 0.3) is 5.91 Å². The molecule has 132 valence electrons. The Hall–Kier alpha value is -2.56. The monoisotopic (exact) mass is 348 g/mol. The Morgan fingerprint density at radius 3 is 2.88 bits per heavy atom. The standard InChI is InChI=1S/C17H18F2N4O2/c18-15(19)17(25)23-8-11-2-1-3-12(13(11)9-23)16(24)22-14-7-21-5-4-10(14)6-20/h4-5,7,11-13,15H,1-3,8-9H2,(H,22,24)/t11-,12-,13-/m1/s1. The van der Waals surface area contributed by atoms with Crippen LogP contribution >= 0.6 is 0 Å². The molecule has 2 fully saturated rings. The summed E-state index contributed by atoms with van der Waals surface area (Å²) in [4.78, 5) is 29.3. The Bertz CT molecular complexity index is 719. The first kappa shape index (κ1) is 17.3. The molecule has 1 aromatic rings. The van der Waals surface area contributed by atoms with Crippen LogP contribution in [0, 0.1) is 29.1 Å². The van der Waals surface area contributed by atoms with Crippen molar-refractivity contribution in [2.45, 2.75) is 25.7 Å². The number of alkyl halides is 2. The summed E-state index contributed by atoms with van der Waals surface area (Å²) in [5.74, 6) is -1.82. The zero-order valence-electron chi connectivity index (χ0n) is 13.5. The third kappa shape index (κ3) is 3.45. The number of fused-ring (bicyclic) bond motifs is 1. The van der Waals surface area contributed by atoms with Crippen molar-refractivity contribution in [3.05, 3.63) is 24.0 Å². The first-order valence-corrected chi connectivity index (χ1v) is 8.23. The summed E-state index contributed by atoms with van der Waals surface area (Å²) in [6, 6.07) is 3.51. The average Bonchev–Trinajstić information content (AvgIpc) is 3.05. The Morgan fingerprint density at radius 1 is 1.36 bits per heavy atom. The van der Waals surface area contributed by atoms with Crippen molar-refractivity contribution in [1.29, 1.82) is 5.26 Å². The number of carbonyl (C=O) groups is 2. The highest BCUT2D eigenvalue weighted by atomic mass is 19.3. The molecular weight excluding hydrogens is 330 g/mol. The molecule has 3 atom stereocenters. The fraction of sp³-hybridized carbons (Fsp3) is 0.529. The molecule has 1 N–H and O–H groups in total. The number of nitrogens with zero attached hydrogens (tertiary/aromatic N) is 3. The molecule has 1 aromatic heterocycles. The van der Waals surface area contributed by atoms with Gasteiger partial charge in [-0.1, -0.05) is 6.42 Å². The van der Waals surface area contributed by atoms with E-state index in [4.69, 9.17) is 5.26 Å². The number of aromatic nitrogens is 1. The van der Waals surface area contributed by atoms with E-state index in [0.717, 1.165) is 12.8 Å². The summed E-state index contributed by atoms with van der Waals surface area (Å²) in [6.07, 6.45) is 2.16. The van der Waals surface area contributed by atoms with Gasteiger partial charge in [-0.2, -0.15) is 14.0 Å². The molecule has 2 aliphatic rings. The van der Waals surface area contributed by atoms with Gasteiger partial charge >= 0.3 is 6.43 Å². The highest BCUT2D eigenvalue weighted by molar-refractivity contribution is 5.94. The molecule has 0 unspecified atom stereocenters. The van der Waals surface area contributed by atoms with Crippen molar-refractivity contribution in [3.8, 4) is 6.07 Å². The fourth-order valence-corrected chi connectivity index (χ4v) is 3.93. The van der Waals surface area contributed by atoms with Crippen molar-refractivity contribution >= 4 is 17.5 Å². The zero-order chi connectivity index (χ0) is 18.0. The molecule has 1 saturated carbocycles. The molecule has 1 saturated heterocycles. The molecule has 0 radical (unpaired) electrons. The molecule has 2 heterocycles. The second-order valence-electron chi connectivity index (χ2n) is 6.53. The van der Waals surface area contributed by atoms with Crippen molar-refractivity contribution in [2.75, 3.05) is 18.4 Å². The van der Waals surface area contributed by atoms with Crippen LogP contribution in [0.5, 0.6) is 0 Å². The van der Waals surface area contributed by atoms with Crippen LogP contribution in [-0.2, 0) is 9.59 Å². The lowest BCUT2D eigenvalue weighted by molar-refractivity contribution is -0.142. The van der Waals surface area contributed by atoms with Gasteiger partial charge in [-0.15, -0.1) is 0 Å². The Kier molecular flexibility index (Phi) is 4.93. The normalized spacial score (nSPS) is 25.4. The second kappa shape index (κ2) is 7.13. The lowest BCUT2D eigenvalue weighted by atomic mass is 9.73. The van der Waals surface area contributed by atoms with Crippen LogP contribution in [0.3, 0.4) is 0 Å². The van der Waals surface area contributed by atoms with Gasteiger partial charge in [0.05, 0.1) is 17.4 Å². The van der Waals surface area contributed by atoms with E-state index in [1.54, 1.807) is 0 Å². The van der Waals surface area contributed by atoms with Gasteiger partial charge in [0.2, 0.25) is 5.91 Å². The van der Waals surface area contributed by atoms with Crippen molar-refractivity contribution < 1.29 is 18.4 Å². The Morgan fingerprint density at radius 2 is 2.16 bits per heavy atom. The van der Waals surface area contributed by atoms with E-state index in [1.807, 2.05) is 6.07 Å². The largest absolute Gasteiger partial charge is 0.337 e. The number of nitriles is 1. The maximum Gasteiger partial charge on any atom is 0.315 e. The number of hydrogen-bond donors (Lipinski definition) is 1. The van der Waals surface area contributed by atoms with E-state index in [1.165, 1.54) is 23.4 Å². The van der Waals surface area contributed by atoms with Crippen molar-refractivity contribution in [3.63, 3.8) is 0 Å². The molecule has 0 aromatic carbocycles. The van der Waals surface area contributed by atoms with Crippen LogP contribution in [-0.4, -0.2) is 41.2 Å². The van der Waals surface area contributed by atoms with Crippen LogP contribution in [0.25, 0.3) is 0 Å². The van der Waals surface area contributed by atoms with Gasteiger partial charge in [-0.05, 0) is 30.7 Å². The van der Waals surface area contributed by atoms with E-state index < -0.39 is 12.3 Å². The summed E-state index contributed by atoms with van der Waals surface area (Å²) in [5.41, 5.74) is 0.660. The smallest absolute Gasteiger partial charge is 0.315 e. The fourth-order valence-electron chi connectivity index (χ4n) is 3.93. The molecule has 3 rings (SSSR count). The summed E-state index contributed by atoms with van der Waals surface area (Å²) >= 11 is 0. The van der Waals surface area contributed by atoms with Crippen LogP contribution < -0.4 is 5.32 Å². The first-order valence-electron chi connectivity index (χ1n) is 8.23. The topological polar surface area (TPSA) is 86.1 Å². The number of amides is 2. The third-order valence-electron chi connectivity index (χ3n) is 5.13. The number of hydrogen-bond acceptors (Lipinski definition) is 4. The molecular formula is C17H18F2N4O2. The predicted molar refractivity (Wildman–Crippen MR) is 84.5 cm³/mol. The zero-order valence-corrected chi connectivity index (χ0v) is 13.5. The third-order valence-corrected chi connectivity index (χ3v) is 5.13. The summed E-state index contributed by atoms with van der Waals surface area (Å²) in [6.45, 7) is 0.470. The van der Waals surface area contributed by atoms with E-state index in [9.17, 15) is 18.4 Å². The minimum Gasteiger partial charge on any atom is -0.337 e. The van der Waals surface area contributed by atoms with Gasteiger partial charge in [0.15, 0.2) is 0 Å².